The van der Waals surface area contributed by atoms with Crippen molar-refractivity contribution in [3.63, 3.8) is 0 Å². The van der Waals surface area contributed by atoms with Gasteiger partial charge in [0.15, 0.2) is 5.78 Å². The average molecular weight is 279 g/mol. The van der Waals surface area contributed by atoms with E-state index in [4.69, 9.17) is 4.74 Å². The number of rotatable bonds is 7. The van der Waals surface area contributed by atoms with Crippen LogP contribution in [0.5, 0.6) is 0 Å². The Morgan fingerprint density at radius 3 is 2.75 bits per heavy atom. The lowest BCUT2D eigenvalue weighted by atomic mass is 10.0. The predicted octanol–water partition coefficient (Wildman–Crippen LogP) is 3.28. The number of carbonyl (C=O) groups is 1. The van der Waals surface area contributed by atoms with E-state index in [0.29, 0.717) is 30.8 Å². The molecule has 0 radical (unpaired) electrons. The molecule has 3 nitrogen and oxygen atoms in total. The Balaban J connectivity index is 2.36. The van der Waals surface area contributed by atoms with E-state index in [-0.39, 0.29) is 11.3 Å². The number of carbonyl (C=O) groups excluding carboxylic acids is 1. The van der Waals surface area contributed by atoms with Crippen LogP contribution in [0.25, 0.3) is 0 Å². The molecule has 1 aromatic carbocycles. The van der Waals surface area contributed by atoms with E-state index in [2.05, 4.69) is 11.8 Å². The maximum atomic E-state index is 14.0. The Kier molecular flexibility index (Phi) is 4.76. The van der Waals surface area contributed by atoms with Crippen LogP contribution in [0.1, 0.15) is 37.0 Å². The molecule has 0 aromatic heterocycles. The molecule has 0 spiro atoms. The SMILES string of the molecule is COCCN(c1cccc(F)c1C(C)=O)C(C)C1CC1. The van der Waals surface area contributed by atoms with Crippen molar-refractivity contribution >= 4 is 11.5 Å². The number of nitrogens with zero attached hydrogens (tertiary/aromatic N) is 1. The number of benzene rings is 1. The maximum absolute atomic E-state index is 14.0. The van der Waals surface area contributed by atoms with Crippen LogP contribution in [-0.2, 0) is 4.74 Å². The lowest BCUT2D eigenvalue weighted by molar-refractivity contribution is 0.101. The number of methoxy groups -OCH3 is 1. The normalized spacial score (nSPS) is 16.0. The van der Waals surface area contributed by atoms with Gasteiger partial charge in [0.05, 0.1) is 17.9 Å². The predicted molar refractivity (Wildman–Crippen MR) is 77.8 cm³/mol. The van der Waals surface area contributed by atoms with Crippen LogP contribution in [0.3, 0.4) is 0 Å². The molecule has 0 amide bonds. The van der Waals surface area contributed by atoms with Crippen molar-refractivity contribution in [2.75, 3.05) is 25.2 Å². The summed E-state index contributed by atoms with van der Waals surface area (Å²) in [5, 5.41) is 0. The van der Waals surface area contributed by atoms with Gasteiger partial charge < -0.3 is 9.64 Å². The Bertz CT molecular complexity index is 485. The Morgan fingerprint density at radius 1 is 1.50 bits per heavy atom. The second kappa shape index (κ2) is 6.35. The van der Waals surface area contributed by atoms with E-state index >= 15 is 0 Å². The van der Waals surface area contributed by atoms with E-state index in [9.17, 15) is 9.18 Å². The second-order valence-corrected chi connectivity index (χ2v) is 5.45. The van der Waals surface area contributed by atoms with Crippen LogP contribution in [-0.4, -0.2) is 32.1 Å². The van der Waals surface area contributed by atoms with E-state index in [1.165, 1.54) is 25.8 Å². The number of ether oxygens (including phenoxy) is 1. The monoisotopic (exact) mass is 279 g/mol. The third-order valence-corrected chi connectivity index (χ3v) is 3.99. The largest absolute Gasteiger partial charge is 0.383 e. The number of ketones is 1. The molecule has 110 valence electrons. The van der Waals surface area contributed by atoms with Gasteiger partial charge in [-0.15, -0.1) is 0 Å². The van der Waals surface area contributed by atoms with Gasteiger partial charge in [-0.3, -0.25) is 4.79 Å². The highest BCUT2D eigenvalue weighted by Gasteiger charge is 2.33. The maximum Gasteiger partial charge on any atom is 0.164 e. The Hall–Kier alpha value is -1.42. The first kappa shape index (κ1) is 15.0. The summed E-state index contributed by atoms with van der Waals surface area (Å²) in [6, 6.07) is 5.13. The van der Waals surface area contributed by atoms with Crippen molar-refractivity contribution in [1.82, 2.24) is 0 Å². The van der Waals surface area contributed by atoms with Gasteiger partial charge in [-0.05, 0) is 44.7 Å². The summed E-state index contributed by atoms with van der Waals surface area (Å²) >= 11 is 0. The van der Waals surface area contributed by atoms with E-state index in [1.54, 1.807) is 13.2 Å². The van der Waals surface area contributed by atoms with Crippen LogP contribution in [0.2, 0.25) is 0 Å². The quantitative estimate of drug-likeness (QED) is 0.717. The molecule has 0 bridgehead atoms. The molecule has 1 atom stereocenters. The highest BCUT2D eigenvalue weighted by atomic mass is 19.1. The van der Waals surface area contributed by atoms with Crippen molar-refractivity contribution in [3.8, 4) is 0 Å². The zero-order valence-electron chi connectivity index (χ0n) is 12.4. The van der Waals surface area contributed by atoms with Crippen molar-refractivity contribution in [1.29, 1.82) is 0 Å². The molecule has 0 N–H and O–H groups in total. The van der Waals surface area contributed by atoms with E-state index in [1.807, 2.05) is 6.07 Å². The fraction of sp³-hybridized carbons (Fsp3) is 0.562. The standard InChI is InChI=1S/C16H22FNO2/c1-11(13-7-8-13)18(9-10-20-3)15-6-4-5-14(17)16(15)12(2)19/h4-6,11,13H,7-10H2,1-3H3. The van der Waals surface area contributed by atoms with Crippen molar-refractivity contribution in [2.24, 2.45) is 5.92 Å². The Morgan fingerprint density at radius 2 is 2.20 bits per heavy atom. The summed E-state index contributed by atoms with van der Waals surface area (Å²) in [7, 11) is 1.65. The first-order chi connectivity index (χ1) is 9.56. The molecular formula is C16H22FNO2. The number of anilines is 1. The highest BCUT2D eigenvalue weighted by Crippen LogP contribution is 2.38. The van der Waals surface area contributed by atoms with Gasteiger partial charge in [-0.25, -0.2) is 4.39 Å². The zero-order valence-corrected chi connectivity index (χ0v) is 12.4. The number of Topliss-reactive ketones (excluding diaryl/α,β-unsaturated/α-hetero) is 1. The van der Waals surface area contributed by atoms with Crippen molar-refractivity contribution in [3.05, 3.63) is 29.6 Å². The van der Waals surface area contributed by atoms with Gasteiger partial charge in [-0.2, -0.15) is 0 Å². The smallest absolute Gasteiger partial charge is 0.164 e. The summed E-state index contributed by atoms with van der Waals surface area (Å²) < 4.78 is 19.1. The highest BCUT2D eigenvalue weighted by molar-refractivity contribution is 6.00. The molecule has 2 rings (SSSR count). The van der Waals surface area contributed by atoms with Crippen molar-refractivity contribution < 1.29 is 13.9 Å². The summed E-state index contributed by atoms with van der Waals surface area (Å²) in [6.45, 7) is 4.78. The van der Waals surface area contributed by atoms with Gasteiger partial charge >= 0.3 is 0 Å². The average Bonchev–Trinajstić information content (AvgIpc) is 3.22. The number of halogens is 1. The molecule has 0 heterocycles. The first-order valence-corrected chi connectivity index (χ1v) is 7.11. The molecule has 20 heavy (non-hydrogen) atoms. The number of hydrogen-bond donors (Lipinski definition) is 0. The molecule has 1 fully saturated rings. The first-order valence-electron chi connectivity index (χ1n) is 7.11. The van der Waals surface area contributed by atoms with Gasteiger partial charge in [0, 0.05) is 19.7 Å². The molecule has 0 saturated heterocycles. The van der Waals surface area contributed by atoms with Gasteiger partial charge in [-0.1, -0.05) is 6.07 Å². The van der Waals surface area contributed by atoms with Crippen molar-refractivity contribution in [2.45, 2.75) is 32.7 Å². The molecule has 1 aromatic rings. The molecule has 1 aliphatic carbocycles. The summed E-state index contributed by atoms with van der Waals surface area (Å²) in [5.74, 6) is -0.0427. The molecule has 1 aliphatic rings. The lowest BCUT2D eigenvalue weighted by Gasteiger charge is -2.32. The summed E-state index contributed by atoms with van der Waals surface area (Å²) in [4.78, 5) is 13.9. The Labute approximate surface area is 119 Å². The summed E-state index contributed by atoms with van der Waals surface area (Å²) in [6.07, 6.45) is 2.41. The van der Waals surface area contributed by atoms with Gasteiger partial charge in [0.1, 0.15) is 5.82 Å². The zero-order chi connectivity index (χ0) is 14.7. The topological polar surface area (TPSA) is 29.5 Å². The molecule has 1 unspecified atom stereocenters. The molecular weight excluding hydrogens is 257 g/mol. The fourth-order valence-corrected chi connectivity index (χ4v) is 2.67. The second-order valence-electron chi connectivity index (χ2n) is 5.45. The molecule has 4 heteroatoms. The minimum absolute atomic E-state index is 0.191. The van der Waals surface area contributed by atoms with E-state index in [0.717, 1.165) is 0 Å². The number of hydrogen-bond acceptors (Lipinski definition) is 3. The van der Waals surface area contributed by atoms with Crippen LogP contribution < -0.4 is 4.90 Å². The lowest BCUT2D eigenvalue weighted by Crippen LogP contribution is -2.38. The fourth-order valence-electron chi connectivity index (χ4n) is 2.67. The van der Waals surface area contributed by atoms with Gasteiger partial charge in [0.25, 0.3) is 0 Å². The van der Waals surface area contributed by atoms with E-state index < -0.39 is 5.82 Å². The van der Waals surface area contributed by atoms with Crippen LogP contribution >= 0.6 is 0 Å². The van der Waals surface area contributed by atoms with Gasteiger partial charge in [0.2, 0.25) is 0 Å². The summed E-state index contributed by atoms with van der Waals surface area (Å²) in [5.41, 5.74) is 0.880. The molecule has 1 saturated carbocycles. The third kappa shape index (κ3) is 3.18. The third-order valence-electron chi connectivity index (χ3n) is 3.99. The minimum atomic E-state index is -0.444. The van der Waals surface area contributed by atoms with Crippen LogP contribution in [0.15, 0.2) is 18.2 Å². The van der Waals surface area contributed by atoms with Crippen LogP contribution in [0, 0.1) is 11.7 Å². The molecule has 0 aliphatic heterocycles. The van der Waals surface area contributed by atoms with Crippen LogP contribution in [0.4, 0.5) is 10.1 Å². The minimum Gasteiger partial charge on any atom is -0.383 e.